The van der Waals surface area contributed by atoms with Crippen LogP contribution in [0.2, 0.25) is 0 Å². The molecule has 0 aromatic rings. The zero-order chi connectivity index (χ0) is 18.2. The first-order chi connectivity index (χ1) is 12.2. The summed E-state index contributed by atoms with van der Waals surface area (Å²) in [5.74, 6) is 0.891. The molecule has 1 heterocycles. The van der Waals surface area contributed by atoms with Crippen molar-refractivity contribution in [2.45, 2.75) is 116 Å². The Balaban J connectivity index is 0.00000625. The number of nitrogens with zero attached hydrogens (tertiary/aromatic N) is 1. The van der Waals surface area contributed by atoms with Crippen LogP contribution in [0.25, 0.3) is 0 Å². The van der Waals surface area contributed by atoms with Crippen LogP contribution in [0.15, 0.2) is 0 Å². The molecule has 0 aliphatic carbocycles. The molecule has 0 radical (unpaired) electrons. The predicted octanol–water partition coefficient (Wildman–Crippen LogP) is 7.25. The summed E-state index contributed by atoms with van der Waals surface area (Å²) in [5.41, 5.74) is 0. The number of hydrogen-bond donors (Lipinski definition) is 0. The van der Waals surface area contributed by atoms with Gasteiger partial charge in [0.1, 0.15) is 0 Å². The van der Waals surface area contributed by atoms with Gasteiger partial charge in [-0.1, -0.05) is 96.8 Å². The van der Waals surface area contributed by atoms with Gasteiger partial charge in [0.15, 0.2) is 0 Å². The van der Waals surface area contributed by atoms with Crippen LogP contribution in [0.1, 0.15) is 110 Å². The molecule has 1 aliphatic rings. The van der Waals surface area contributed by atoms with Gasteiger partial charge < -0.3 is 9.64 Å². The van der Waals surface area contributed by atoms with Crippen molar-refractivity contribution in [1.29, 1.82) is 0 Å². The Bertz CT molecular complexity index is 281. The highest BCUT2D eigenvalue weighted by molar-refractivity contribution is 5.85. The van der Waals surface area contributed by atoms with E-state index in [1.807, 2.05) is 0 Å². The minimum atomic E-state index is 0. The van der Waals surface area contributed by atoms with Crippen LogP contribution < -0.4 is 0 Å². The standard InChI is InChI=1S/C23H47NO.ClH/c1-4-5-6-7-8-9-10-11-12-13-14-15-16-17-22(18-19-24(2)3)20-23-21-25-23;/h22-23H,4-21H2,1-3H3;1H. The fourth-order valence-corrected chi connectivity index (χ4v) is 3.85. The molecule has 3 heteroatoms. The molecule has 2 nitrogen and oxygen atoms in total. The first-order valence-electron chi connectivity index (χ1n) is 11.5. The van der Waals surface area contributed by atoms with E-state index in [4.69, 9.17) is 4.74 Å². The number of halogens is 1. The number of ether oxygens (including phenoxy) is 1. The summed E-state index contributed by atoms with van der Waals surface area (Å²) < 4.78 is 5.45. The molecule has 2 unspecified atom stereocenters. The summed E-state index contributed by atoms with van der Waals surface area (Å²) in [5, 5.41) is 0. The number of hydrogen-bond acceptors (Lipinski definition) is 2. The number of epoxide rings is 1. The Morgan fingerprint density at radius 3 is 1.65 bits per heavy atom. The Hall–Kier alpha value is 0.210. The smallest absolute Gasteiger partial charge is 0.0812 e. The Labute approximate surface area is 171 Å². The van der Waals surface area contributed by atoms with Crippen LogP contribution in [0.4, 0.5) is 0 Å². The van der Waals surface area contributed by atoms with E-state index in [-0.39, 0.29) is 12.4 Å². The second-order valence-corrected chi connectivity index (χ2v) is 8.68. The van der Waals surface area contributed by atoms with Crippen LogP contribution in [-0.2, 0) is 4.74 Å². The second-order valence-electron chi connectivity index (χ2n) is 8.68. The summed E-state index contributed by atoms with van der Waals surface area (Å²) in [6.45, 7) is 4.55. The largest absolute Gasteiger partial charge is 0.373 e. The van der Waals surface area contributed by atoms with Crippen molar-refractivity contribution in [3.8, 4) is 0 Å². The van der Waals surface area contributed by atoms with E-state index < -0.39 is 0 Å². The van der Waals surface area contributed by atoms with Gasteiger partial charge >= 0.3 is 0 Å². The van der Waals surface area contributed by atoms with Gasteiger partial charge in [0.25, 0.3) is 0 Å². The monoisotopic (exact) mass is 389 g/mol. The third kappa shape index (κ3) is 17.6. The summed E-state index contributed by atoms with van der Waals surface area (Å²) in [6.07, 6.45) is 23.6. The molecule has 26 heavy (non-hydrogen) atoms. The van der Waals surface area contributed by atoms with Crippen LogP contribution in [0.3, 0.4) is 0 Å². The van der Waals surface area contributed by atoms with Crippen LogP contribution in [0.5, 0.6) is 0 Å². The fourth-order valence-electron chi connectivity index (χ4n) is 3.85. The highest BCUT2D eigenvalue weighted by Crippen LogP contribution is 2.26. The zero-order valence-electron chi connectivity index (χ0n) is 18.1. The van der Waals surface area contributed by atoms with E-state index in [1.54, 1.807) is 0 Å². The van der Waals surface area contributed by atoms with Crippen molar-refractivity contribution < 1.29 is 4.74 Å². The summed E-state index contributed by atoms with van der Waals surface area (Å²) >= 11 is 0. The van der Waals surface area contributed by atoms with E-state index in [1.165, 1.54) is 109 Å². The molecule has 0 bridgehead atoms. The van der Waals surface area contributed by atoms with Crippen molar-refractivity contribution in [2.75, 3.05) is 27.2 Å². The lowest BCUT2D eigenvalue weighted by Crippen LogP contribution is -2.17. The molecule has 1 fully saturated rings. The lowest BCUT2D eigenvalue weighted by Gasteiger charge is -2.18. The molecule has 0 aromatic carbocycles. The van der Waals surface area contributed by atoms with E-state index in [2.05, 4.69) is 25.9 Å². The molecule has 158 valence electrons. The normalized spacial score (nSPS) is 17.3. The highest BCUT2D eigenvalue weighted by Gasteiger charge is 2.26. The maximum absolute atomic E-state index is 5.45. The molecular weight excluding hydrogens is 342 g/mol. The second kappa shape index (κ2) is 18.6. The molecule has 0 N–H and O–H groups in total. The third-order valence-corrected chi connectivity index (χ3v) is 5.70. The van der Waals surface area contributed by atoms with E-state index in [0.29, 0.717) is 6.10 Å². The number of unbranched alkanes of at least 4 members (excludes halogenated alkanes) is 12. The van der Waals surface area contributed by atoms with Crippen molar-refractivity contribution in [2.24, 2.45) is 5.92 Å². The molecule has 2 atom stereocenters. The zero-order valence-corrected chi connectivity index (χ0v) is 19.0. The molecule has 1 saturated heterocycles. The lowest BCUT2D eigenvalue weighted by atomic mass is 9.92. The average molecular weight is 390 g/mol. The van der Waals surface area contributed by atoms with E-state index >= 15 is 0 Å². The van der Waals surface area contributed by atoms with E-state index in [9.17, 15) is 0 Å². The van der Waals surface area contributed by atoms with Gasteiger partial charge in [-0.05, 0) is 39.4 Å². The van der Waals surface area contributed by atoms with Gasteiger partial charge in [-0.2, -0.15) is 0 Å². The Morgan fingerprint density at radius 1 is 0.769 bits per heavy atom. The Kier molecular flexibility index (Phi) is 18.7. The topological polar surface area (TPSA) is 15.8 Å². The molecule has 1 aliphatic heterocycles. The maximum atomic E-state index is 5.45. The number of rotatable bonds is 19. The molecule has 0 saturated carbocycles. The lowest BCUT2D eigenvalue weighted by molar-refractivity contribution is 0.290. The van der Waals surface area contributed by atoms with Crippen LogP contribution >= 0.6 is 12.4 Å². The first-order valence-corrected chi connectivity index (χ1v) is 11.5. The van der Waals surface area contributed by atoms with Crippen molar-refractivity contribution in [1.82, 2.24) is 4.90 Å². The minimum absolute atomic E-state index is 0. The third-order valence-electron chi connectivity index (χ3n) is 5.70. The molecule has 0 spiro atoms. The Morgan fingerprint density at radius 2 is 1.23 bits per heavy atom. The molecular formula is C23H48ClNO. The summed E-state index contributed by atoms with van der Waals surface area (Å²) in [7, 11) is 4.38. The van der Waals surface area contributed by atoms with Gasteiger partial charge in [-0.15, -0.1) is 12.4 Å². The molecule has 1 rings (SSSR count). The van der Waals surface area contributed by atoms with Gasteiger partial charge in [-0.3, -0.25) is 0 Å². The molecule has 0 amide bonds. The van der Waals surface area contributed by atoms with Crippen molar-refractivity contribution in [3.05, 3.63) is 0 Å². The first kappa shape index (κ1) is 26.2. The maximum Gasteiger partial charge on any atom is 0.0812 e. The summed E-state index contributed by atoms with van der Waals surface area (Å²) in [6, 6.07) is 0. The van der Waals surface area contributed by atoms with Gasteiger partial charge in [0, 0.05) is 0 Å². The van der Waals surface area contributed by atoms with Crippen molar-refractivity contribution in [3.63, 3.8) is 0 Å². The fraction of sp³-hybridized carbons (Fsp3) is 1.00. The van der Waals surface area contributed by atoms with Crippen LogP contribution in [0, 0.1) is 5.92 Å². The van der Waals surface area contributed by atoms with Gasteiger partial charge in [0.05, 0.1) is 12.7 Å². The van der Waals surface area contributed by atoms with Crippen LogP contribution in [-0.4, -0.2) is 38.3 Å². The minimum Gasteiger partial charge on any atom is -0.373 e. The van der Waals surface area contributed by atoms with Gasteiger partial charge in [-0.25, -0.2) is 0 Å². The predicted molar refractivity (Wildman–Crippen MR) is 119 cm³/mol. The SMILES string of the molecule is CCCCCCCCCCCCCCCC(CCN(C)C)CC1CO1.Cl. The average Bonchev–Trinajstić information content (AvgIpc) is 3.40. The van der Waals surface area contributed by atoms with E-state index in [0.717, 1.165) is 12.5 Å². The van der Waals surface area contributed by atoms with Crippen molar-refractivity contribution >= 4 is 12.4 Å². The quantitative estimate of drug-likeness (QED) is 0.171. The summed E-state index contributed by atoms with van der Waals surface area (Å²) in [4.78, 5) is 2.32. The highest BCUT2D eigenvalue weighted by atomic mass is 35.5. The van der Waals surface area contributed by atoms with Gasteiger partial charge in [0.2, 0.25) is 0 Å². The molecule has 0 aromatic heterocycles.